The Balaban J connectivity index is 0.000000146. The molecule has 15 rings (SSSR count). The van der Waals surface area contributed by atoms with Crippen molar-refractivity contribution in [1.82, 2.24) is 44.9 Å². The van der Waals surface area contributed by atoms with E-state index in [9.17, 15) is 38.4 Å². The van der Waals surface area contributed by atoms with E-state index in [1.807, 2.05) is 0 Å². The molecular formula is C78H93F3N12O15S3. The van der Waals surface area contributed by atoms with Crippen molar-refractivity contribution in [3.05, 3.63) is 107 Å². The number of hydrogen-bond acceptors (Lipinski definition) is 27. The molecule has 0 amide bonds. The van der Waals surface area contributed by atoms with Gasteiger partial charge in [0.05, 0.1) is 88.7 Å². The van der Waals surface area contributed by atoms with Crippen molar-refractivity contribution >= 4 is 80.1 Å². The van der Waals surface area contributed by atoms with Crippen molar-refractivity contribution in [1.29, 1.82) is 0 Å². The van der Waals surface area contributed by atoms with E-state index < -0.39 is 47.0 Å². The van der Waals surface area contributed by atoms with Gasteiger partial charge >= 0.3 is 0 Å². The van der Waals surface area contributed by atoms with Gasteiger partial charge in [-0.2, -0.15) is 0 Å². The number of rotatable bonds is 22. The standard InChI is InChI=1S/C27H33FN4O5S.C26H31FN4O5S.C25H29FN4O5S/c1-35-26-20(17-38(2,33)34)12-19(15-29-26)24-22-13-21(28)14-23(37-16-18-6-10-36-11-7-18)25(22)31-27(30-24)32-8-4-3-5-9-32;1-34-25-18(16-37(2,32)33)12-17(15-28-25)23-21-13-19(27)14-22(36-20-6-10-35-11-7-20)24(21)30-26(29-23)31-8-4-3-5-9-31;1-33-24-17(15-36(2,31)32)10-16(13-27-24)22-20-11-18(26)12-21(35-19-6-9-34-14-19)23(20)29-25(28-22)30-7-4-3-5-8-30/h12-15,18H,3-11,16-17H2,1-2H3;12-15,20H,3-11,16H2,1-2H3;10-13,19H,3-9,14-15H2,1-2H3. The van der Waals surface area contributed by atoms with Crippen LogP contribution in [0.5, 0.6) is 34.9 Å². The first-order chi connectivity index (χ1) is 53.4. The quantitative estimate of drug-likeness (QED) is 0.0608. The van der Waals surface area contributed by atoms with Gasteiger partial charge in [-0.3, -0.25) is 0 Å². The zero-order valence-corrected chi connectivity index (χ0v) is 65.7. The number of pyridine rings is 3. The SMILES string of the molecule is COc1ncc(-c2nc(N3CCCCC3)nc3c(OC4CCOC4)cc(F)cc23)cc1CS(C)(=O)=O.COc1ncc(-c2nc(N3CCCCC3)nc3c(OC4CCOCC4)cc(F)cc23)cc1CS(C)(=O)=O.COc1ncc(-c2nc(N3CCCCC3)nc3c(OCC4CCOCC4)cc(F)cc23)cc1CS(C)(=O)=O. The van der Waals surface area contributed by atoms with Crippen molar-refractivity contribution in [3.8, 4) is 68.7 Å². The molecule has 3 aromatic carbocycles. The Morgan fingerprint density at radius 1 is 0.405 bits per heavy atom. The van der Waals surface area contributed by atoms with E-state index in [0.717, 1.165) is 129 Å². The zero-order chi connectivity index (χ0) is 78.0. The van der Waals surface area contributed by atoms with E-state index in [2.05, 4.69) is 29.7 Å². The molecule has 6 saturated heterocycles. The van der Waals surface area contributed by atoms with E-state index >= 15 is 0 Å². The molecule has 0 aliphatic carbocycles. The molecule has 1 unspecified atom stereocenters. The summed E-state index contributed by atoms with van der Waals surface area (Å²) in [6, 6.07) is 13.3. The molecule has 0 radical (unpaired) electrons. The second kappa shape index (κ2) is 35.7. The average molecular weight is 1590 g/mol. The second-order valence-corrected chi connectivity index (χ2v) is 35.4. The molecule has 0 N–H and O–H groups in total. The van der Waals surface area contributed by atoms with Gasteiger partial charge in [0, 0.05) is 177 Å². The van der Waals surface area contributed by atoms with Gasteiger partial charge < -0.3 is 57.3 Å². The molecule has 0 saturated carbocycles. The molecule has 594 valence electrons. The van der Waals surface area contributed by atoms with Crippen LogP contribution >= 0.6 is 0 Å². The highest BCUT2D eigenvalue weighted by Gasteiger charge is 2.30. The fourth-order valence-electron chi connectivity index (χ4n) is 14.6. The number of anilines is 3. The zero-order valence-electron chi connectivity index (χ0n) is 63.2. The maximum atomic E-state index is 15.0. The Morgan fingerprint density at radius 2 is 0.730 bits per heavy atom. The van der Waals surface area contributed by atoms with Gasteiger partial charge in [-0.25, -0.2) is 83.3 Å². The Labute approximate surface area is 644 Å². The van der Waals surface area contributed by atoms with Gasteiger partial charge in [-0.05, 0) is 113 Å². The number of ether oxygens (including phenoxy) is 9. The number of hydrogen-bond donors (Lipinski definition) is 0. The molecule has 6 fully saturated rings. The van der Waals surface area contributed by atoms with Crippen molar-refractivity contribution in [2.24, 2.45) is 5.92 Å². The Morgan fingerprint density at radius 3 is 1.07 bits per heavy atom. The number of benzene rings is 3. The van der Waals surface area contributed by atoms with Gasteiger partial charge in [0.15, 0.2) is 29.5 Å². The number of piperidine rings is 3. The molecule has 27 nitrogen and oxygen atoms in total. The van der Waals surface area contributed by atoms with E-state index in [-0.39, 0.29) is 47.1 Å². The summed E-state index contributed by atoms with van der Waals surface area (Å²) in [6.07, 6.45) is 21.5. The molecule has 6 aromatic heterocycles. The average Bonchev–Trinajstić information content (AvgIpc) is 1.74. The third-order valence-corrected chi connectivity index (χ3v) is 22.5. The summed E-state index contributed by atoms with van der Waals surface area (Å²) in [6.45, 7) is 8.99. The fourth-order valence-corrected chi connectivity index (χ4v) is 16.9. The Hall–Kier alpha value is -9.15. The van der Waals surface area contributed by atoms with Crippen LogP contribution in [0.4, 0.5) is 31.0 Å². The number of nitrogens with zero attached hydrogens (tertiary/aromatic N) is 12. The lowest BCUT2D eigenvalue weighted by Crippen LogP contribution is -2.31. The third-order valence-electron chi connectivity index (χ3n) is 20.0. The van der Waals surface area contributed by atoms with Crippen molar-refractivity contribution in [2.75, 3.05) is 140 Å². The van der Waals surface area contributed by atoms with E-state index in [0.29, 0.717) is 190 Å². The molecule has 12 heterocycles. The highest BCUT2D eigenvalue weighted by atomic mass is 32.2. The van der Waals surface area contributed by atoms with E-state index in [4.69, 9.17) is 72.5 Å². The lowest BCUT2D eigenvalue weighted by atomic mass is 10.0. The summed E-state index contributed by atoms with van der Waals surface area (Å²) in [5.41, 5.74) is 5.78. The van der Waals surface area contributed by atoms with Gasteiger partial charge in [0.2, 0.25) is 35.5 Å². The monoisotopic (exact) mass is 1590 g/mol. The van der Waals surface area contributed by atoms with Crippen molar-refractivity contribution < 1.29 is 81.1 Å². The van der Waals surface area contributed by atoms with E-state index in [1.165, 1.54) is 57.7 Å². The Bertz CT molecular complexity index is 5180. The number of fused-ring (bicyclic) bond motifs is 3. The van der Waals surface area contributed by atoms with Crippen LogP contribution in [0.3, 0.4) is 0 Å². The second-order valence-electron chi connectivity index (χ2n) is 28.9. The number of aromatic nitrogens is 9. The minimum atomic E-state index is -3.36. The molecule has 9 aromatic rings. The third kappa shape index (κ3) is 20.6. The van der Waals surface area contributed by atoms with Crippen LogP contribution in [0.1, 0.15) is 107 Å². The molecule has 0 spiro atoms. The Kier molecular flexibility index (Phi) is 25.7. The van der Waals surface area contributed by atoms with Crippen LogP contribution in [0.2, 0.25) is 0 Å². The maximum absolute atomic E-state index is 15.0. The lowest BCUT2D eigenvalue weighted by Gasteiger charge is -2.28. The summed E-state index contributed by atoms with van der Waals surface area (Å²) < 4.78 is 168. The largest absolute Gasteiger partial charge is 0.491 e. The van der Waals surface area contributed by atoms with Crippen LogP contribution in [0.15, 0.2) is 73.2 Å². The predicted octanol–water partition coefficient (Wildman–Crippen LogP) is 11.7. The normalized spacial score (nSPS) is 17.6. The van der Waals surface area contributed by atoms with Crippen LogP contribution in [0.25, 0.3) is 66.5 Å². The summed E-state index contributed by atoms with van der Waals surface area (Å²) >= 11 is 0. The smallest absolute Gasteiger partial charge is 0.226 e. The first kappa shape index (κ1) is 79.9. The molecule has 6 aliphatic heterocycles. The van der Waals surface area contributed by atoms with Gasteiger partial charge in [-0.1, -0.05) is 0 Å². The van der Waals surface area contributed by atoms with Gasteiger partial charge in [0.25, 0.3) is 0 Å². The minimum Gasteiger partial charge on any atom is -0.491 e. The maximum Gasteiger partial charge on any atom is 0.226 e. The molecule has 6 aliphatic rings. The minimum absolute atomic E-state index is 0.0976. The summed E-state index contributed by atoms with van der Waals surface area (Å²) in [7, 11) is -5.75. The highest BCUT2D eigenvalue weighted by molar-refractivity contribution is 7.90. The van der Waals surface area contributed by atoms with Crippen molar-refractivity contribution in [3.63, 3.8) is 0 Å². The number of halogens is 3. The van der Waals surface area contributed by atoms with E-state index in [1.54, 1.807) is 36.8 Å². The lowest BCUT2D eigenvalue weighted by molar-refractivity contribution is 0.0260. The van der Waals surface area contributed by atoms with Crippen LogP contribution in [-0.4, -0.2) is 208 Å². The fraction of sp³-hybridized carbons (Fsp3) is 0.500. The van der Waals surface area contributed by atoms with Crippen LogP contribution < -0.4 is 43.1 Å². The first-order valence-electron chi connectivity index (χ1n) is 37.5. The van der Waals surface area contributed by atoms with Crippen LogP contribution in [-0.2, 0) is 61.0 Å². The van der Waals surface area contributed by atoms with Crippen molar-refractivity contribution in [2.45, 2.75) is 119 Å². The molecule has 1 atom stereocenters. The molecule has 111 heavy (non-hydrogen) atoms. The topological polar surface area (TPSA) is 311 Å². The summed E-state index contributed by atoms with van der Waals surface area (Å²) in [5, 5.41) is 1.41. The first-order valence-corrected chi connectivity index (χ1v) is 43.7. The van der Waals surface area contributed by atoms with Gasteiger partial charge in [0.1, 0.15) is 63.5 Å². The van der Waals surface area contributed by atoms with Gasteiger partial charge in [-0.15, -0.1) is 0 Å². The molecule has 33 heteroatoms. The molecule has 0 bridgehead atoms. The number of sulfone groups is 3. The number of methoxy groups -OCH3 is 3. The predicted molar refractivity (Wildman–Crippen MR) is 415 cm³/mol. The highest BCUT2D eigenvalue weighted by Crippen LogP contribution is 2.42. The van der Waals surface area contributed by atoms with Crippen LogP contribution in [0, 0.1) is 23.4 Å². The summed E-state index contributed by atoms with van der Waals surface area (Å²) in [5.74, 6) is 1.50. The molecular weight excluding hydrogens is 1500 g/mol. The summed E-state index contributed by atoms with van der Waals surface area (Å²) in [4.78, 5) is 48.5.